The highest BCUT2D eigenvalue weighted by Crippen LogP contribution is 2.26. The summed E-state index contributed by atoms with van der Waals surface area (Å²) >= 11 is 0. The molecule has 164 valence electrons. The summed E-state index contributed by atoms with van der Waals surface area (Å²) < 4.78 is 4.87. The molecule has 29 heavy (non-hydrogen) atoms. The van der Waals surface area contributed by atoms with Crippen LogP contribution in [-0.2, 0) is 19.1 Å². The number of hydrogen-bond donors (Lipinski definition) is 2. The van der Waals surface area contributed by atoms with Crippen molar-refractivity contribution in [1.82, 2.24) is 15.5 Å². The van der Waals surface area contributed by atoms with Gasteiger partial charge in [0.2, 0.25) is 11.8 Å². The van der Waals surface area contributed by atoms with Crippen molar-refractivity contribution in [3.8, 4) is 0 Å². The van der Waals surface area contributed by atoms with Gasteiger partial charge in [0.1, 0.15) is 0 Å². The minimum atomic E-state index is -0.452. The number of carbonyl (C=O) groups is 3. The first-order valence-corrected chi connectivity index (χ1v) is 11.5. The summed E-state index contributed by atoms with van der Waals surface area (Å²) in [6.45, 7) is -0.0258. The molecule has 1 heterocycles. The fourth-order valence-corrected chi connectivity index (χ4v) is 5.14. The van der Waals surface area contributed by atoms with E-state index in [1.165, 1.54) is 20.0 Å². The summed E-state index contributed by atoms with van der Waals surface area (Å²) in [6.07, 6.45) is 13.3. The maximum Gasteiger partial charge on any atom is 0.319 e. The predicted molar refractivity (Wildman–Crippen MR) is 110 cm³/mol. The highest BCUT2D eigenvalue weighted by Gasteiger charge is 2.40. The molecule has 0 bridgehead atoms. The first-order valence-electron chi connectivity index (χ1n) is 11.5. The lowest BCUT2D eigenvalue weighted by Crippen LogP contribution is -2.61. The van der Waals surface area contributed by atoms with Crippen LogP contribution in [0.1, 0.15) is 83.5 Å². The van der Waals surface area contributed by atoms with Crippen LogP contribution < -0.4 is 10.6 Å². The van der Waals surface area contributed by atoms with E-state index >= 15 is 0 Å². The van der Waals surface area contributed by atoms with Gasteiger partial charge in [0.15, 0.2) is 0 Å². The van der Waals surface area contributed by atoms with Crippen LogP contribution in [0.5, 0.6) is 0 Å². The molecule has 0 aromatic heterocycles. The summed E-state index contributed by atoms with van der Waals surface area (Å²) in [5, 5.41) is 6.37. The van der Waals surface area contributed by atoms with E-state index in [4.69, 9.17) is 4.74 Å². The number of nitrogens with one attached hydrogen (secondary N) is 2. The molecule has 1 saturated heterocycles. The molecule has 7 nitrogen and oxygen atoms in total. The Morgan fingerprint density at radius 3 is 1.59 bits per heavy atom. The van der Waals surface area contributed by atoms with Gasteiger partial charge in [0, 0.05) is 12.1 Å². The van der Waals surface area contributed by atoms with Crippen molar-refractivity contribution >= 4 is 17.8 Å². The van der Waals surface area contributed by atoms with Crippen LogP contribution in [0, 0.1) is 0 Å². The molecule has 3 rings (SSSR count). The summed E-state index contributed by atoms with van der Waals surface area (Å²) in [6, 6.07) is -0.473. The molecule has 0 radical (unpaired) electrons. The summed E-state index contributed by atoms with van der Waals surface area (Å²) in [7, 11) is 1.35. The third-order valence-corrected chi connectivity index (χ3v) is 6.80. The molecule has 0 unspecified atom stereocenters. The van der Waals surface area contributed by atoms with E-state index in [9.17, 15) is 14.4 Å². The van der Waals surface area contributed by atoms with Gasteiger partial charge in [-0.15, -0.1) is 0 Å². The number of piperidine rings is 1. The minimum absolute atomic E-state index is 0.0258. The Labute approximate surface area is 174 Å². The molecule has 2 N–H and O–H groups in total. The van der Waals surface area contributed by atoms with E-state index in [-0.39, 0.29) is 30.4 Å². The number of carbonyl (C=O) groups excluding carboxylic acids is 3. The SMILES string of the molecule is COC(=O)CN1[C@@H](C(=O)NC2CCCCC2)CCC[C@H]1C(=O)NC1CCCCC1. The van der Waals surface area contributed by atoms with Crippen LogP contribution >= 0.6 is 0 Å². The van der Waals surface area contributed by atoms with Crippen molar-refractivity contribution in [2.75, 3.05) is 13.7 Å². The van der Waals surface area contributed by atoms with Crippen molar-refractivity contribution in [2.24, 2.45) is 0 Å². The number of esters is 1. The molecular weight excluding hydrogens is 370 g/mol. The van der Waals surface area contributed by atoms with Crippen LogP contribution in [0.15, 0.2) is 0 Å². The van der Waals surface area contributed by atoms with E-state index in [1.807, 2.05) is 0 Å². The maximum atomic E-state index is 13.1. The first kappa shape index (κ1) is 22.1. The number of nitrogens with zero attached hydrogens (tertiary/aromatic N) is 1. The van der Waals surface area contributed by atoms with Crippen molar-refractivity contribution in [2.45, 2.75) is 108 Å². The number of methoxy groups -OCH3 is 1. The molecule has 2 saturated carbocycles. The van der Waals surface area contributed by atoms with Crippen LogP contribution in [-0.4, -0.2) is 60.5 Å². The Hall–Kier alpha value is -1.63. The molecule has 2 atom stereocenters. The number of ether oxygens (including phenoxy) is 1. The van der Waals surface area contributed by atoms with Gasteiger partial charge >= 0.3 is 5.97 Å². The lowest BCUT2D eigenvalue weighted by molar-refractivity contribution is -0.147. The molecule has 1 aliphatic heterocycles. The van der Waals surface area contributed by atoms with Crippen molar-refractivity contribution in [3.63, 3.8) is 0 Å². The normalized spacial score (nSPS) is 27.2. The second-order valence-corrected chi connectivity index (χ2v) is 8.90. The monoisotopic (exact) mass is 407 g/mol. The zero-order valence-electron chi connectivity index (χ0n) is 17.8. The van der Waals surface area contributed by atoms with Crippen LogP contribution in [0.3, 0.4) is 0 Å². The van der Waals surface area contributed by atoms with E-state index in [0.29, 0.717) is 12.8 Å². The number of rotatable bonds is 6. The molecule has 2 aliphatic carbocycles. The Kier molecular flexibility index (Phi) is 8.33. The fraction of sp³-hybridized carbons (Fsp3) is 0.864. The van der Waals surface area contributed by atoms with Crippen molar-refractivity contribution in [3.05, 3.63) is 0 Å². The molecule has 0 aromatic rings. The van der Waals surface area contributed by atoms with Crippen LogP contribution in [0.4, 0.5) is 0 Å². The zero-order valence-corrected chi connectivity index (χ0v) is 17.8. The predicted octanol–water partition coefficient (Wildman–Crippen LogP) is 2.28. The van der Waals surface area contributed by atoms with Crippen molar-refractivity contribution < 1.29 is 19.1 Å². The quantitative estimate of drug-likeness (QED) is 0.660. The van der Waals surface area contributed by atoms with Crippen molar-refractivity contribution in [1.29, 1.82) is 0 Å². The maximum absolute atomic E-state index is 13.1. The fourth-order valence-electron chi connectivity index (χ4n) is 5.14. The zero-order chi connectivity index (χ0) is 20.6. The Balaban J connectivity index is 1.67. The van der Waals surface area contributed by atoms with E-state index in [1.54, 1.807) is 4.90 Å². The van der Waals surface area contributed by atoms with Gasteiger partial charge in [-0.25, -0.2) is 0 Å². The second kappa shape index (κ2) is 11.0. The Bertz CT molecular complexity index is 530. The van der Waals surface area contributed by atoms with Gasteiger partial charge < -0.3 is 15.4 Å². The average molecular weight is 408 g/mol. The average Bonchev–Trinajstić information content (AvgIpc) is 2.75. The van der Waals surface area contributed by atoms with E-state index in [2.05, 4.69) is 10.6 Å². The smallest absolute Gasteiger partial charge is 0.319 e. The Morgan fingerprint density at radius 1 is 0.724 bits per heavy atom. The number of hydrogen-bond acceptors (Lipinski definition) is 5. The molecule has 3 fully saturated rings. The molecule has 3 aliphatic rings. The molecular formula is C22H37N3O4. The highest BCUT2D eigenvalue weighted by atomic mass is 16.5. The molecule has 0 aromatic carbocycles. The van der Waals surface area contributed by atoms with Gasteiger partial charge in [-0.2, -0.15) is 0 Å². The van der Waals surface area contributed by atoms with Crippen LogP contribution in [0.2, 0.25) is 0 Å². The Morgan fingerprint density at radius 2 is 1.17 bits per heavy atom. The molecule has 0 spiro atoms. The lowest BCUT2D eigenvalue weighted by Gasteiger charge is -2.41. The highest BCUT2D eigenvalue weighted by molar-refractivity contribution is 5.87. The first-order chi connectivity index (χ1) is 14.1. The van der Waals surface area contributed by atoms with Crippen LogP contribution in [0.25, 0.3) is 0 Å². The number of likely N-dealkylation sites (tertiary alicyclic amines) is 1. The van der Waals surface area contributed by atoms with Gasteiger partial charge in [-0.05, 0) is 44.9 Å². The molecule has 2 amide bonds. The number of amides is 2. The van der Waals surface area contributed by atoms with Gasteiger partial charge in [0.25, 0.3) is 0 Å². The standard InChI is InChI=1S/C22H37N3O4/c1-29-20(26)15-25-18(21(27)23-16-9-4-2-5-10-16)13-8-14-19(25)22(28)24-17-11-6-3-7-12-17/h16-19H,2-15H2,1H3,(H,23,27)(H,24,28)/t18-,19+. The minimum Gasteiger partial charge on any atom is -0.468 e. The van der Waals surface area contributed by atoms with E-state index in [0.717, 1.165) is 57.8 Å². The summed E-state index contributed by atoms with van der Waals surface area (Å²) in [5.74, 6) is -0.496. The second-order valence-electron chi connectivity index (χ2n) is 8.90. The largest absolute Gasteiger partial charge is 0.468 e. The summed E-state index contributed by atoms with van der Waals surface area (Å²) in [4.78, 5) is 40.0. The topological polar surface area (TPSA) is 87.7 Å². The van der Waals surface area contributed by atoms with Gasteiger partial charge in [0.05, 0.1) is 25.7 Å². The van der Waals surface area contributed by atoms with Gasteiger partial charge in [-0.1, -0.05) is 38.5 Å². The lowest BCUT2D eigenvalue weighted by atomic mass is 9.91. The molecule has 7 heteroatoms. The third kappa shape index (κ3) is 6.17. The van der Waals surface area contributed by atoms with Gasteiger partial charge in [-0.3, -0.25) is 19.3 Å². The van der Waals surface area contributed by atoms with E-state index < -0.39 is 18.1 Å². The third-order valence-electron chi connectivity index (χ3n) is 6.80. The summed E-state index contributed by atoms with van der Waals surface area (Å²) in [5.41, 5.74) is 0.